The third-order valence-corrected chi connectivity index (χ3v) is 5.78. The Morgan fingerprint density at radius 1 is 1.29 bits per heavy atom. The Morgan fingerprint density at radius 2 is 2.03 bits per heavy atom. The van der Waals surface area contributed by atoms with Crippen LogP contribution >= 0.6 is 24.0 Å². The van der Waals surface area contributed by atoms with Crippen LogP contribution < -0.4 is 15.4 Å². The summed E-state index contributed by atoms with van der Waals surface area (Å²) in [5.74, 6) is 1.37. The topological polar surface area (TPSA) is 69.1 Å². The van der Waals surface area contributed by atoms with Gasteiger partial charge in [0.2, 0.25) is 0 Å². The zero-order valence-electron chi connectivity index (χ0n) is 18.8. The summed E-state index contributed by atoms with van der Waals surface area (Å²) in [5.41, 5.74) is 0.865. The van der Waals surface area contributed by atoms with Crippen LogP contribution in [0.2, 0.25) is 0 Å². The van der Waals surface area contributed by atoms with Gasteiger partial charge in [0.05, 0.1) is 18.8 Å². The Balaban J connectivity index is 0.00000341. The SMILES string of the molecule is CCNC(=NCCCN1CCC(O)CC1)NC(C)c1ccc(OCC2CC2)c(F)c1.I. The normalized spacial score (nSPS) is 18.9. The van der Waals surface area contributed by atoms with E-state index >= 15 is 0 Å². The highest BCUT2D eigenvalue weighted by molar-refractivity contribution is 14.0. The van der Waals surface area contributed by atoms with Crippen LogP contribution in [0.5, 0.6) is 5.75 Å². The van der Waals surface area contributed by atoms with Crippen molar-refractivity contribution in [3.8, 4) is 5.75 Å². The summed E-state index contributed by atoms with van der Waals surface area (Å²) in [6, 6.07) is 5.12. The second-order valence-corrected chi connectivity index (χ2v) is 8.50. The molecule has 1 aliphatic heterocycles. The molecule has 31 heavy (non-hydrogen) atoms. The van der Waals surface area contributed by atoms with Crippen LogP contribution in [0.4, 0.5) is 4.39 Å². The molecule has 1 heterocycles. The van der Waals surface area contributed by atoms with E-state index in [1.165, 1.54) is 12.8 Å². The first-order valence-corrected chi connectivity index (χ1v) is 11.4. The van der Waals surface area contributed by atoms with Gasteiger partial charge in [-0.3, -0.25) is 4.99 Å². The van der Waals surface area contributed by atoms with Gasteiger partial charge < -0.3 is 25.4 Å². The highest BCUT2D eigenvalue weighted by atomic mass is 127. The minimum Gasteiger partial charge on any atom is -0.490 e. The molecule has 1 aromatic rings. The van der Waals surface area contributed by atoms with E-state index in [4.69, 9.17) is 4.74 Å². The lowest BCUT2D eigenvalue weighted by Gasteiger charge is -2.29. The molecule has 1 saturated carbocycles. The molecule has 0 bridgehead atoms. The van der Waals surface area contributed by atoms with Crippen molar-refractivity contribution in [2.24, 2.45) is 10.9 Å². The fourth-order valence-electron chi connectivity index (χ4n) is 3.63. The molecule has 0 aromatic heterocycles. The Morgan fingerprint density at radius 3 is 2.68 bits per heavy atom. The number of aliphatic imine (C=N–C) groups is 1. The van der Waals surface area contributed by atoms with Crippen molar-refractivity contribution in [1.82, 2.24) is 15.5 Å². The summed E-state index contributed by atoms with van der Waals surface area (Å²) in [5, 5.41) is 16.2. The van der Waals surface area contributed by atoms with E-state index in [0.29, 0.717) is 18.3 Å². The van der Waals surface area contributed by atoms with E-state index in [0.717, 1.165) is 63.5 Å². The van der Waals surface area contributed by atoms with Crippen LogP contribution in [0.1, 0.15) is 57.6 Å². The van der Waals surface area contributed by atoms with Crippen LogP contribution in [0.15, 0.2) is 23.2 Å². The van der Waals surface area contributed by atoms with Crippen LogP contribution in [-0.2, 0) is 0 Å². The number of aliphatic hydroxyl groups excluding tert-OH is 1. The maximum atomic E-state index is 14.4. The van der Waals surface area contributed by atoms with E-state index in [2.05, 4.69) is 20.5 Å². The van der Waals surface area contributed by atoms with Crippen LogP contribution in [0, 0.1) is 11.7 Å². The standard InChI is InChI=1S/C23H37FN4O2.HI/c1-3-25-23(26-11-4-12-28-13-9-20(29)10-14-28)27-17(2)19-7-8-22(21(24)15-19)30-16-18-5-6-18;/h7-8,15,17-18,20,29H,3-6,9-14,16H2,1-2H3,(H2,25,26,27);1H. The average Bonchev–Trinajstić information content (AvgIpc) is 3.56. The minimum absolute atomic E-state index is 0. The molecular weight excluding hydrogens is 510 g/mol. The maximum absolute atomic E-state index is 14.4. The summed E-state index contributed by atoms with van der Waals surface area (Å²) >= 11 is 0. The zero-order valence-corrected chi connectivity index (χ0v) is 21.1. The van der Waals surface area contributed by atoms with Gasteiger partial charge in [0.15, 0.2) is 17.5 Å². The number of likely N-dealkylation sites (tertiary alicyclic amines) is 1. The van der Waals surface area contributed by atoms with E-state index in [1.54, 1.807) is 12.1 Å². The number of hydrogen-bond acceptors (Lipinski definition) is 4. The Bertz CT molecular complexity index is 694. The third-order valence-electron chi connectivity index (χ3n) is 5.78. The number of nitrogens with one attached hydrogen (secondary N) is 2. The molecule has 1 unspecified atom stereocenters. The Labute approximate surface area is 203 Å². The van der Waals surface area contributed by atoms with Gasteiger partial charge in [0, 0.05) is 26.2 Å². The fraction of sp³-hybridized carbons (Fsp3) is 0.696. The van der Waals surface area contributed by atoms with Gasteiger partial charge in [-0.05, 0) is 76.1 Å². The van der Waals surface area contributed by atoms with Gasteiger partial charge in [0.1, 0.15) is 0 Å². The summed E-state index contributed by atoms with van der Waals surface area (Å²) in [6.07, 6.45) is 4.96. The number of guanidine groups is 1. The van der Waals surface area contributed by atoms with Gasteiger partial charge >= 0.3 is 0 Å². The van der Waals surface area contributed by atoms with Crippen molar-refractivity contribution in [1.29, 1.82) is 0 Å². The van der Waals surface area contributed by atoms with Gasteiger partial charge in [-0.2, -0.15) is 0 Å². The van der Waals surface area contributed by atoms with Crippen molar-refractivity contribution in [3.05, 3.63) is 29.6 Å². The molecule has 3 N–H and O–H groups in total. The first kappa shape index (κ1) is 26.1. The molecule has 1 aromatic carbocycles. The number of nitrogens with zero attached hydrogens (tertiary/aromatic N) is 2. The van der Waals surface area contributed by atoms with E-state index in [1.807, 2.05) is 19.9 Å². The molecule has 0 amide bonds. The molecular formula is C23H38FIN4O2. The van der Waals surface area contributed by atoms with E-state index in [-0.39, 0.29) is 41.9 Å². The lowest BCUT2D eigenvalue weighted by molar-refractivity contribution is 0.0824. The number of ether oxygens (including phenoxy) is 1. The number of piperidine rings is 1. The Kier molecular flexibility index (Phi) is 11.3. The molecule has 0 spiro atoms. The van der Waals surface area contributed by atoms with Crippen LogP contribution in [-0.4, -0.2) is 61.4 Å². The Hall–Kier alpha value is -1.13. The van der Waals surface area contributed by atoms with Crippen LogP contribution in [0.3, 0.4) is 0 Å². The first-order chi connectivity index (χ1) is 14.5. The summed E-state index contributed by atoms with van der Waals surface area (Å²) in [7, 11) is 0. The van der Waals surface area contributed by atoms with Crippen LogP contribution in [0.25, 0.3) is 0 Å². The second kappa shape index (κ2) is 13.4. The van der Waals surface area contributed by atoms with Crippen molar-refractivity contribution >= 4 is 29.9 Å². The number of rotatable bonds is 10. The van der Waals surface area contributed by atoms with Gasteiger partial charge in [-0.15, -0.1) is 24.0 Å². The molecule has 2 aliphatic rings. The minimum atomic E-state index is -0.310. The molecule has 1 atom stereocenters. The lowest BCUT2D eigenvalue weighted by Crippen LogP contribution is -2.39. The summed E-state index contributed by atoms with van der Waals surface area (Å²) in [4.78, 5) is 7.06. The molecule has 8 heteroatoms. The molecule has 3 rings (SSSR count). The predicted octanol–water partition coefficient (Wildman–Crippen LogP) is 3.70. The predicted molar refractivity (Wildman–Crippen MR) is 134 cm³/mol. The van der Waals surface area contributed by atoms with E-state index < -0.39 is 0 Å². The number of hydrogen-bond donors (Lipinski definition) is 3. The monoisotopic (exact) mass is 548 g/mol. The number of halogens is 2. The zero-order chi connectivity index (χ0) is 21.3. The van der Waals surface area contributed by atoms with E-state index in [9.17, 15) is 9.50 Å². The number of benzene rings is 1. The third kappa shape index (κ3) is 9.10. The molecule has 1 saturated heterocycles. The van der Waals surface area contributed by atoms with Gasteiger partial charge in [0.25, 0.3) is 0 Å². The molecule has 1 aliphatic carbocycles. The molecule has 2 fully saturated rings. The first-order valence-electron chi connectivity index (χ1n) is 11.4. The quantitative estimate of drug-likeness (QED) is 0.180. The second-order valence-electron chi connectivity index (χ2n) is 8.50. The summed E-state index contributed by atoms with van der Waals surface area (Å²) < 4.78 is 20.0. The van der Waals surface area contributed by atoms with Crippen molar-refractivity contribution in [2.45, 2.75) is 58.1 Å². The van der Waals surface area contributed by atoms with Crippen molar-refractivity contribution < 1.29 is 14.2 Å². The smallest absolute Gasteiger partial charge is 0.191 e. The summed E-state index contributed by atoms with van der Waals surface area (Å²) in [6.45, 7) is 9.07. The highest BCUT2D eigenvalue weighted by Gasteiger charge is 2.22. The highest BCUT2D eigenvalue weighted by Crippen LogP contribution is 2.30. The lowest BCUT2D eigenvalue weighted by atomic mass is 10.1. The van der Waals surface area contributed by atoms with Crippen molar-refractivity contribution in [3.63, 3.8) is 0 Å². The average molecular weight is 548 g/mol. The molecule has 0 radical (unpaired) electrons. The maximum Gasteiger partial charge on any atom is 0.191 e. The number of aliphatic hydroxyl groups is 1. The fourth-order valence-corrected chi connectivity index (χ4v) is 3.63. The largest absolute Gasteiger partial charge is 0.490 e. The van der Waals surface area contributed by atoms with Gasteiger partial charge in [-0.25, -0.2) is 4.39 Å². The molecule has 6 nitrogen and oxygen atoms in total. The van der Waals surface area contributed by atoms with Crippen molar-refractivity contribution in [2.75, 3.05) is 39.3 Å². The van der Waals surface area contributed by atoms with Gasteiger partial charge in [-0.1, -0.05) is 6.07 Å². The molecule has 176 valence electrons.